The lowest BCUT2D eigenvalue weighted by atomic mass is 10.1. The second kappa shape index (κ2) is 11.1. The van der Waals surface area contributed by atoms with E-state index in [1.807, 2.05) is 0 Å². The van der Waals surface area contributed by atoms with Crippen molar-refractivity contribution in [3.8, 4) is 0 Å². The van der Waals surface area contributed by atoms with Crippen LogP contribution in [-0.2, 0) is 30.8 Å². The number of ether oxygens (including phenoxy) is 3. The molecule has 11 heteroatoms. The second-order valence-corrected chi connectivity index (χ2v) is 10.2. The van der Waals surface area contributed by atoms with Crippen LogP contribution in [0.4, 0.5) is 15.3 Å². The highest BCUT2D eigenvalue weighted by Crippen LogP contribution is 2.23. The predicted octanol–water partition coefficient (Wildman–Crippen LogP) is 3.39. The number of hydrogen-bond donors (Lipinski definition) is 2. The molecule has 178 valence electrons. The molecule has 0 aliphatic heterocycles. The maximum Gasteiger partial charge on any atom is 0.414 e. The highest BCUT2D eigenvalue weighted by molar-refractivity contribution is 7.83. The number of alkyl carbamates (subject to hydrolysis) is 2. The number of methoxy groups -OCH3 is 1. The number of benzene rings is 1. The van der Waals surface area contributed by atoms with E-state index in [1.165, 1.54) is 25.5 Å². The molecular weight excluding hydrogens is 438 g/mol. The van der Waals surface area contributed by atoms with Gasteiger partial charge in [0.15, 0.2) is 0 Å². The van der Waals surface area contributed by atoms with Gasteiger partial charge in [0.1, 0.15) is 11.2 Å². The van der Waals surface area contributed by atoms with Gasteiger partial charge >= 0.3 is 18.2 Å². The van der Waals surface area contributed by atoms with Gasteiger partial charge in [-0.25, -0.2) is 19.4 Å². The minimum Gasteiger partial charge on any atom is -0.465 e. The van der Waals surface area contributed by atoms with Crippen molar-refractivity contribution in [1.82, 2.24) is 10.6 Å². The molecule has 1 aromatic rings. The maximum absolute atomic E-state index is 12.3. The highest BCUT2D eigenvalue weighted by Gasteiger charge is 2.22. The normalized spacial score (nSPS) is 12.2. The molecule has 0 saturated heterocycles. The van der Waals surface area contributed by atoms with Crippen molar-refractivity contribution in [2.45, 2.75) is 58.5 Å². The Hall–Kier alpha value is -2.95. The zero-order valence-corrected chi connectivity index (χ0v) is 20.5. The molecule has 0 saturated carbocycles. The predicted molar refractivity (Wildman–Crippen MR) is 121 cm³/mol. The van der Waals surface area contributed by atoms with Crippen molar-refractivity contribution in [3.05, 3.63) is 29.3 Å². The Bertz CT molecular complexity index is 883. The van der Waals surface area contributed by atoms with E-state index in [9.17, 15) is 18.6 Å². The molecule has 2 amide bonds. The van der Waals surface area contributed by atoms with E-state index in [4.69, 9.17) is 14.2 Å². The second-order valence-electron chi connectivity index (χ2n) is 8.77. The van der Waals surface area contributed by atoms with Crippen LogP contribution in [0.1, 0.15) is 57.5 Å². The Balaban J connectivity index is 3.42. The SMILES string of the molecule is COC(=O)c1ccc(CS(C)=O)c(N=C(NC(=O)OC(C)(C)C)NC(=O)OC(C)(C)C)c1. The Kier molecular flexibility index (Phi) is 9.37. The molecule has 0 bridgehead atoms. The van der Waals surface area contributed by atoms with Gasteiger partial charge in [-0.3, -0.25) is 14.8 Å². The summed E-state index contributed by atoms with van der Waals surface area (Å²) in [6.45, 7) is 10.1. The van der Waals surface area contributed by atoms with Crippen molar-refractivity contribution in [2.24, 2.45) is 4.99 Å². The monoisotopic (exact) mass is 469 g/mol. The number of rotatable bonds is 4. The number of carbonyl (C=O) groups is 3. The summed E-state index contributed by atoms with van der Waals surface area (Å²) in [6.07, 6.45) is -0.213. The van der Waals surface area contributed by atoms with Crippen LogP contribution in [0.15, 0.2) is 23.2 Å². The van der Waals surface area contributed by atoms with Gasteiger partial charge in [-0.1, -0.05) is 6.07 Å². The topological polar surface area (TPSA) is 132 Å². The standard InChI is InChI=1S/C21H31N3O7S/c1-20(2,3)30-18(26)23-17(24-19(27)31-21(4,5)6)22-15-11-13(16(25)29-7)9-10-14(15)12-32(8)28/h9-11H,12H2,1-8H3,(H2,22,23,24,26,27). The van der Waals surface area contributed by atoms with E-state index in [0.717, 1.165) is 0 Å². The number of esters is 1. The van der Waals surface area contributed by atoms with Crippen LogP contribution in [0.25, 0.3) is 0 Å². The summed E-state index contributed by atoms with van der Waals surface area (Å²) < 4.78 is 26.9. The minimum absolute atomic E-state index is 0.131. The quantitative estimate of drug-likeness (QED) is 0.299. The van der Waals surface area contributed by atoms with E-state index in [0.29, 0.717) is 5.56 Å². The first-order valence-electron chi connectivity index (χ1n) is 9.69. The Labute approximate surface area is 190 Å². The molecule has 0 radical (unpaired) electrons. The molecule has 0 aliphatic rings. The van der Waals surface area contributed by atoms with Gasteiger partial charge in [-0.05, 0) is 59.2 Å². The molecule has 10 nitrogen and oxygen atoms in total. The first kappa shape index (κ1) is 27.1. The first-order chi connectivity index (χ1) is 14.6. The molecule has 0 heterocycles. The highest BCUT2D eigenvalue weighted by atomic mass is 32.2. The van der Waals surface area contributed by atoms with Crippen molar-refractivity contribution in [3.63, 3.8) is 0 Å². The number of carbonyl (C=O) groups excluding carboxylic acids is 3. The molecule has 0 spiro atoms. The van der Waals surface area contributed by atoms with Gasteiger partial charge in [0.25, 0.3) is 0 Å². The largest absolute Gasteiger partial charge is 0.465 e. The number of nitrogens with zero attached hydrogens (tertiary/aromatic N) is 1. The van der Waals surface area contributed by atoms with Crippen LogP contribution in [0, 0.1) is 0 Å². The Morgan fingerprint density at radius 1 is 0.969 bits per heavy atom. The number of hydrogen-bond acceptors (Lipinski definition) is 8. The smallest absolute Gasteiger partial charge is 0.414 e. The minimum atomic E-state index is -1.22. The number of guanidine groups is 1. The zero-order valence-electron chi connectivity index (χ0n) is 19.7. The third kappa shape index (κ3) is 10.4. The van der Waals surface area contributed by atoms with Crippen molar-refractivity contribution in [1.29, 1.82) is 0 Å². The lowest BCUT2D eigenvalue weighted by Crippen LogP contribution is -2.47. The van der Waals surface area contributed by atoms with E-state index < -0.39 is 40.2 Å². The van der Waals surface area contributed by atoms with Gasteiger partial charge in [0.05, 0.1) is 24.1 Å². The fourth-order valence-electron chi connectivity index (χ4n) is 2.26. The fraction of sp³-hybridized carbons (Fsp3) is 0.524. The summed E-state index contributed by atoms with van der Waals surface area (Å²) in [5.74, 6) is -0.766. The molecule has 2 N–H and O–H groups in total. The van der Waals surface area contributed by atoms with Gasteiger partial charge in [-0.2, -0.15) is 0 Å². The molecule has 0 aliphatic carbocycles. The summed E-state index contributed by atoms with van der Waals surface area (Å²) in [4.78, 5) is 40.8. The molecule has 1 unspecified atom stereocenters. The summed E-state index contributed by atoms with van der Waals surface area (Å²) in [5, 5.41) is 4.73. The molecule has 0 fully saturated rings. The van der Waals surface area contributed by atoms with Crippen LogP contribution in [-0.4, -0.2) is 52.9 Å². The van der Waals surface area contributed by atoms with Gasteiger partial charge in [-0.15, -0.1) is 0 Å². The van der Waals surface area contributed by atoms with Crippen LogP contribution in [0.5, 0.6) is 0 Å². The van der Waals surface area contributed by atoms with Crippen molar-refractivity contribution < 1.29 is 32.8 Å². The fourth-order valence-corrected chi connectivity index (χ4v) is 2.94. The number of aliphatic imine (C=N–C) groups is 1. The van der Waals surface area contributed by atoms with Gasteiger partial charge in [0, 0.05) is 17.1 Å². The molecule has 1 rings (SSSR count). The number of nitrogens with one attached hydrogen (secondary N) is 2. The van der Waals surface area contributed by atoms with Gasteiger partial charge in [0.2, 0.25) is 5.96 Å². The van der Waals surface area contributed by atoms with Crippen molar-refractivity contribution >= 4 is 40.6 Å². The maximum atomic E-state index is 12.3. The molecule has 32 heavy (non-hydrogen) atoms. The summed E-state index contributed by atoms with van der Waals surface area (Å²) >= 11 is 0. The van der Waals surface area contributed by atoms with Crippen molar-refractivity contribution in [2.75, 3.05) is 13.4 Å². The zero-order chi connectivity index (χ0) is 24.7. The molecule has 1 aromatic carbocycles. The van der Waals surface area contributed by atoms with Crippen LogP contribution in [0.3, 0.4) is 0 Å². The summed E-state index contributed by atoms with van der Waals surface area (Å²) in [7, 11) is 0.0174. The van der Waals surface area contributed by atoms with Crippen LogP contribution in [0.2, 0.25) is 0 Å². The lowest BCUT2D eigenvalue weighted by Gasteiger charge is -2.22. The lowest BCUT2D eigenvalue weighted by molar-refractivity contribution is 0.0541. The Morgan fingerprint density at radius 2 is 1.47 bits per heavy atom. The average Bonchev–Trinajstić information content (AvgIpc) is 2.58. The van der Waals surface area contributed by atoms with E-state index in [2.05, 4.69) is 15.6 Å². The molecular formula is C21H31N3O7S. The van der Waals surface area contributed by atoms with Crippen LogP contribution < -0.4 is 10.6 Å². The van der Waals surface area contributed by atoms with E-state index in [-0.39, 0.29) is 23.0 Å². The molecule has 0 aromatic heterocycles. The third-order valence-electron chi connectivity index (χ3n) is 3.34. The first-order valence-corrected chi connectivity index (χ1v) is 11.4. The summed E-state index contributed by atoms with van der Waals surface area (Å²) in [5.41, 5.74) is -0.684. The Morgan fingerprint density at radius 3 is 1.88 bits per heavy atom. The van der Waals surface area contributed by atoms with Crippen LogP contribution >= 0.6 is 0 Å². The number of amides is 2. The van der Waals surface area contributed by atoms with Gasteiger partial charge < -0.3 is 14.2 Å². The van der Waals surface area contributed by atoms with E-state index >= 15 is 0 Å². The van der Waals surface area contributed by atoms with E-state index in [1.54, 1.807) is 47.6 Å². The summed E-state index contributed by atoms with van der Waals surface area (Å²) in [6, 6.07) is 4.49. The third-order valence-corrected chi connectivity index (χ3v) is 4.05. The average molecular weight is 470 g/mol. The molecule has 1 atom stereocenters.